The Hall–Kier alpha value is -1.09. The number of likely N-dealkylation sites (tertiary alicyclic amines) is 1. The first kappa shape index (κ1) is 11.4. The van der Waals surface area contributed by atoms with E-state index in [9.17, 15) is 0 Å². The molecule has 2 N–H and O–H groups in total. The van der Waals surface area contributed by atoms with Gasteiger partial charge in [0.25, 0.3) is 0 Å². The van der Waals surface area contributed by atoms with Gasteiger partial charge in [-0.05, 0) is 38.4 Å². The first-order chi connectivity index (χ1) is 7.83. The van der Waals surface area contributed by atoms with Gasteiger partial charge in [0.15, 0.2) is 0 Å². The van der Waals surface area contributed by atoms with Gasteiger partial charge in [0.05, 0.1) is 0 Å². The minimum Gasteiger partial charge on any atom is -0.383 e. The third-order valence-corrected chi connectivity index (χ3v) is 3.35. The number of nitrogens with zero attached hydrogens (tertiary/aromatic N) is 2. The molecule has 16 heavy (non-hydrogen) atoms. The smallest absolute Gasteiger partial charge is 0.128 e. The number of hydrogen-bond donors (Lipinski definition) is 1. The van der Waals surface area contributed by atoms with E-state index in [1.54, 1.807) is 6.20 Å². The van der Waals surface area contributed by atoms with Crippen LogP contribution in [-0.2, 0) is 0 Å². The van der Waals surface area contributed by atoms with Gasteiger partial charge in [0.1, 0.15) is 5.82 Å². The molecular formula is C13H21N3. The van der Waals surface area contributed by atoms with Gasteiger partial charge in [-0.15, -0.1) is 0 Å². The molecule has 2 rings (SSSR count). The fourth-order valence-corrected chi connectivity index (χ4v) is 2.61. The minimum absolute atomic E-state index is 0.488. The maximum absolute atomic E-state index is 5.97. The number of hydrogen-bond acceptors (Lipinski definition) is 3. The first-order valence-electron chi connectivity index (χ1n) is 6.27. The van der Waals surface area contributed by atoms with Crippen LogP contribution in [0.5, 0.6) is 0 Å². The van der Waals surface area contributed by atoms with Crippen LogP contribution in [0.3, 0.4) is 0 Å². The van der Waals surface area contributed by atoms with Crippen molar-refractivity contribution in [3.63, 3.8) is 0 Å². The Balaban J connectivity index is 2.19. The van der Waals surface area contributed by atoms with Crippen LogP contribution in [0.4, 0.5) is 5.82 Å². The Morgan fingerprint density at radius 3 is 3.12 bits per heavy atom. The fourth-order valence-electron chi connectivity index (χ4n) is 2.61. The SMILES string of the molecule is CCCN1CCCC[C@@H]1c1cccnc1N. The van der Waals surface area contributed by atoms with Gasteiger partial charge < -0.3 is 5.73 Å². The first-order valence-corrected chi connectivity index (χ1v) is 6.27. The molecule has 0 spiro atoms. The molecule has 3 heteroatoms. The zero-order chi connectivity index (χ0) is 11.4. The van der Waals surface area contributed by atoms with E-state index in [1.165, 1.54) is 44.3 Å². The Morgan fingerprint density at radius 1 is 1.50 bits per heavy atom. The second-order valence-electron chi connectivity index (χ2n) is 4.53. The van der Waals surface area contributed by atoms with Gasteiger partial charge in [-0.1, -0.05) is 19.4 Å². The van der Waals surface area contributed by atoms with Crippen molar-refractivity contribution in [3.8, 4) is 0 Å². The van der Waals surface area contributed by atoms with Gasteiger partial charge in [0, 0.05) is 17.8 Å². The van der Waals surface area contributed by atoms with Crippen molar-refractivity contribution in [1.82, 2.24) is 9.88 Å². The normalized spacial score (nSPS) is 22.2. The van der Waals surface area contributed by atoms with Crippen LogP contribution in [0.15, 0.2) is 18.3 Å². The van der Waals surface area contributed by atoms with E-state index in [2.05, 4.69) is 22.9 Å². The lowest BCUT2D eigenvalue weighted by atomic mass is 9.95. The molecule has 0 radical (unpaired) electrons. The topological polar surface area (TPSA) is 42.2 Å². The molecular weight excluding hydrogens is 198 g/mol. The summed E-state index contributed by atoms with van der Waals surface area (Å²) in [5, 5.41) is 0. The third kappa shape index (κ3) is 2.35. The van der Waals surface area contributed by atoms with E-state index in [0.29, 0.717) is 11.9 Å². The number of anilines is 1. The fraction of sp³-hybridized carbons (Fsp3) is 0.615. The van der Waals surface area contributed by atoms with Gasteiger partial charge >= 0.3 is 0 Å². The van der Waals surface area contributed by atoms with Crippen molar-refractivity contribution in [2.75, 3.05) is 18.8 Å². The molecule has 0 aliphatic carbocycles. The Kier molecular flexibility index (Phi) is 3.78. The molecule has 1 aliphatic rings. The highest BCUT2D eigenvalue weighted by Crippen LogP contribution is 2.32. The molecule has 1 atom stereocenters. The van der Waals surface area contributed by atoms with Gasteiger partial charge in [-0.3, -0.25) is 4.90 Å². The number of nitrogen functional groups attached to an aromatic ring is 1. The van der Waals surface area contributed by atoms with Crippen molar-refractivity contribution >= 4 is 5.82 Å². The summed E-state index contributed by atoms with van der Waals surface area (Å²) in [5.74, 6) is 0.704. The molecule has 0 saturated carbocycles. The third-order valence-electron chi connectivity index (χ3n) is 3.35. The maximum atomic E-state index is 5.97. The molecule has 1 fully saturated rings. The molecule has 0 aromatic carbocycles. The van der Waals surface area contributed by atoms with Crippen molar-refractivity contribution < 1.29 is 0 Å². The van der Waals surface area contributed by atoms with E-state index in [1.807, 2.05) is 6.07 Å². The van der Waals surface area contributed by atoms with Gasteiger partial charge in [0.2, 0.25) is 0 Å². The molecule has 0 bridgehead atoms. The summed E-state index contributed by atoms with van der Waals surface area (Å²) in [6, 6.07) is 4.60. The van der Waals surface area contributed by atoms with Crippen LogP contribution < -0.4 is 5.73 Å². The average molecular weight is 219 g/mol. The Labute approximate surface area is 97.7 Å². The quantitative estimate of drug-likeness (QED) is 0.849. The predicted molar refractivity (Wildman–Crippen MR) is 67.1 cm³/mol. The molecule has 1 aromatic heterocycles. The van der Waals surface area contributed by atoms with Crippen LogP contribution >= 0.6 is 0 Å². The molecule has 1 aromatic rings. The van der Waals surface area contributed by atoms with Gasteiger partial charge in [-0.25, -0.2) is 4.98 Å². The van der Waals surface area contributed by atoms with Crippen LogP contribution in [0.25, 0.3) is 0 Å². The van der Waals surface area contributed by atoms with Crippen LogP contribution in [0.2, 0.25) is 0 Å². The molecule has 2 heterocycles. The maximum Gasteiger partial charge on any atom is 0.128 e. The average Bonchev–Trinajstić information content (AvgIpc) is 2.31. The number of aromatic nitrogens is 1. The highest BCUT2D eigenvalue weighted by molar-refractivity contribution is 5.41. The largest absolute Gasteiger partial charge is 0.383 e. The summed E-state index contributed by atoms with van der Waals surface area (Å²) in [6.07, 6.45) is 6.81. The lowest BCUT2D eigenvalue weighted by Crippen LogP contribution is -2.34. The molecule has 88 valence electrons. The van der Waals surface area contributed by atoms with E-state index in [0.717, 1.165) is 0 Å². The number of rotatable bonds is 3. The summed E-state index contributed by atoms with van der Waals surface area (Å²) in [6.45, 7) is 4.60. The molecule has 0 unspecified atom stereocenters. The van der Waals surface area contributed by atoms with E-state index in [4.69, 9.17) is 5.73 Å². The lowest BCUT2D eigenvalue weighted by molar-refractivity contribution is 0.149. The van der Waals surface area contributed by atoms with Gasteiger partial charge in [-0.2, -0.15) is 0 Å². The van der Waals surface area contributed by atoms with E-state index in [-0.39, 0.29) is 0 Å². The second-order valence-corrected chi connectivity index (χ2v) is 4.53. The lowest BCUT2D eigenvalue weighted by Gasteiger charge is -2.36. The number of piperidine rings is 1. The van der Waals surface area contributed by atoms with Crippen LogP contribution in [-0.4, -0.2) is 23.0 Å². The molecule has 1 aliphatic heterocycles. The number of nitrogens with two attached hydrogens (primary N) is 1. The summed E-state index contributed by atoms with van der Waals surface area (Å²) >= 11 is 0. The highest BCUT2D eigenvalue weighted by atomic mass is 15.2. The van der Waals surface area contributed by atoms with E-state index >= 15 is 0 Å². The summed E-state index contributed by atoms with van der Waals surface area (Å²) in [4.78, 5) is 6.75. The Bertz CT molecular complexity index is 336. The zero-order valence-electron chi connectivity index (χ0n) is 10.0. The summed E-state index contributed by atoms with van der Waals surface area (Å²) in [7, 11) is 0. The number of pyridine rings is 1. The molecule has 3 nitrogen and oxygen atoms in total. The Morgan fingerprint density at radius 2 is 2.38 bits per heavy atom. The molecule has 0 amide bonds. The monoisotopic (exact) mass is 219 g/mol. The van der Waals surface area contributed by atoms with Crippen molar-refractivity contribution in [3.05, 3.63) is 23.9 Å². The molecule has 1 saturated heterocycles. The van der Waals surface area contributed by atoms with E-state index < -0.39 is 0 Å². The van der Waals surface area contributed by atoms with Crippen LogP contribution in [0, 0.1) is 0 Å². The highest BCUT2D eigenvalue weighted by Gasteiger charge is 2.24. The summed E-state index contributed by atoms with van der Waals surface area (Å²) in [5.41, 5.74) is 7.19. The van der Waals surface area contributed by atoms with Crippen molar-refractivity contribution in [1.29, 1.82) is 0 Å². The minimum atomic E-state index is 0.488. The van der Waals surface area contributed by atoms with Crippen molar-refractivity contribution in [2.24, 2.45) is 0 Å². The van der Waals surface area contributed by atoms with Crippen molar-refractivity contribution in [2.45, 2.75) is 38.6 Å². The predicted octanol–water partition coefficient (Wildman–Crippen LogP) is 2.60. The standard InChI is InChI=1S/C13H21N3/c1-2-9-16-10-4-3-7-12(16)11-6-5-8-15-13(11)14/h5-6,8,12H,2-4,7,9-10H2,1H3,(H2,14,15)/t12-/m1/s1. The second kappa shape index (κ2) is 5.30. The summed E-state index contributed by atoms with van der Waals surface area (Å²) < 4.78 is 0. The van der Waals surface area contributed by atoms with Crippen LogP contribution in [0.1, 0.15) is 44.2 Å². The zero-order valence-corrected chi connectivity index (χ0v) is 10.0.